The zero-order valence-corrected chi connectivity index (χ0v) is 9.95. The number of aromatic nitrogens is 2. The Bertz CT molecular complexity index is 379. The summed E-state index contributed by atoms with van der Waals surface area (Å²) in [6.45, 7) is 3.99. The number of aliphatic hydroxyl groups is 1. The van der Waals surface area contributed by atoms with Crippen molar-refractivity contribution in [3.05, 3.63) is 17.1 Å². The van der Waals surface area contributed by atoms with Crippen molar-refractivity contribution in [2.24, 2.45) is 0 Å². The van der Waals surface area contributed by atoms with Crippen LogP contribution in [0.1, 0.15) is 36.8 Å². The lowest BCUT2D eigenvalue weighted by molar-refractivity contribution is 0.281. The maximum absolute atomic E-state index is 9.06. The van der Waals surface area contributed by atoms with Gasteiger partial charge in [-0.15, -0.1) is 0 Å². The van der Waals surface area contributed by atoms with E-state index in [1.807, 2.05) is 13.8 Å². The molecule has 1 aromatic rings. The van der Waals surface area contributed by atoms with Gasteiger partial charge in [-0.3, -0.25) is 0 Å². The van der Waals surface area contributed by atoms with Gasteiger partial charge in [0, 0.05) is 17.3 Å². The standard InChI is InChI=1S/C12H19N3O/c1-8(7-16)13-12-10-5-3-4-6-11(10)14-9(2)15-12/h8,16H,3-7H2,1-2H3,(H,13,14,15)/t8-/m0/s1. The lowest BCUT2D eigenvalue weighted by atomic mass is 9.96. The molecule has 0 saturated carbocycles. The largest absolute Gasteiger partial charge is 0.394 e. The first-order valence-corrected chi connectivity index (χ1v) is 5.94. The quantitative estimate of drug-likeness (QED) is 0.811. The summed E-state index contributed by atoms with van der Waals surface area (Å²) in [5.41, 5.74) is 2.43. The van der Waals surface area contributed by atoms with E-state index in [0.717, 1.165) is 24.5 Å². The first-order valence-electron chi connectivity index (χ1n) is 5.94. The van der Waals surface area contributed by atoms with E-state index >= 15 is 0 Å². The maximum atomic E-state index is 9.06. The maximum Gasteiger partial charge on any atom is 0.133 e. The van der Waals surface area contributed by atoms with Crippen molar-refractivity contribution in [2.45, 2.75) is 45.6 Å². The molecule has 4 nitrogen and oxygen atoms in total. The summed E-state index contributed by atoms with van der Waals surface area (Å²) < 4.78 is 0. The lowest BCUT2D eigenvalue weighted by Crippen LogP contribution is -2.23. The number of aryl methyl sites for hydroxylation is 2. The summed E-state index contributed by atoms with van der Waals surface area (Å²) in [5.74, 6) is 1.73. The predicted octanol–water partition coefficient (Wildman–Crippen LogP) is 1.46. The number of aliphatic hydroxyl groups excluding tert-OH is 1. The van der Waals surface area contributed by atoms with Crippen LogP contribution in [0.4, 0.5) is 5.82 Å². The van der Waals surface area contributed by atoms with Gasteiger partial charge >= 0.3 is 0 Å². The van der Waals surface area contributed by atoms with Gasteiger partial charge in [0.2, 0.25) is 0 Å². The normalized spacial score (nSPS) is 16.7. The van der Waals surface area contributed by atoms with Crippen LogP contribution in [0.5, 0.6) is 0 Å². The molecule has 0 amide bonds. The highest BCUT2D eigenvalue weighted by Crippen LogP contribution is 2.25. The Kier molecular flexibility index (Phi) is 3.39. The number of hydrogen-bond donors (Lipinski definition) is 2. The average Bonchev–Trinajstić information content (AvgIpc) is 2.28. The van der Waals surface area contributed by atoms with Gasteiger partial charge in [-0.25, -0.2) is 9.97 Å². The van der Waals surface area contributed by atoms with E-state index in [-0.39, 0.29) is 12.6 Å². The SMILES string of the molecule is Cc1nc2c(c(N[C@@H](C)CO)n1)CCCC2. The molecule has 1 heterocycles. The van der Waals surface area contributed by atoms with Gasteiger partial charge in [0.1, 0.15) is 11.6 Å². The number of nitrogens with zero attached hydrogens (tertiary/aromatic N) is 2. The summed E-state index contributed by atoms with van der Waals surface area (Å²) in [7, 11) is 0. The number of rotatable bonds is 3. The number of hydrogen-bond acceptors (Lipinski definition) is 4. The summed E-state index contributed by atoms with van der Waals surface area (Å²) in [6, 6.07) is 0.0420. The fraction of sp³-hybridized carbons (Fsp3) is 0.667. The van der Waals surface area contributed by atoms with Gasteiger partial charge in [0.05, 0.1) is 6.61 Å². The van der Waals surface area contributed by atoms with Crippen molar-refractivity contribution >= 4 is 5.82 Å². The van der Waals surface area contributed by atoms with Crippen LogP contribution in [-0.2, 0) is 12.8 Å². The van der Waals surface area contributed by atoms with E-state index < -0.39 is 0 Å². The van der Waals surface area contributed by atoms with Crippen LogP contribution >= 0.6 is 0 Å². The van der Waals surface area contributed by atoms with Crippen LogP contribution in [0.3, 0.4) is 0 Å². The number of anilines is 1. The molecule has 0 radical (unpaired) electrons. The molecule has 1 atom stereocenters. The number of fused-ring (bicyclic) bond motifs is 1. The second-order valence-corrected chi connectivity index (χ2v) is 4.48. The van der Waals surface area contributed by atoms with E-state index in [4.69, 9.17) is 5.11 Å². The van der Waals surface area contributed by atoms with Crippen molar-refractivity contribution in [1.82, 2.24) is 9.97 Å². The van der Waals surface area contributed by atoms with E-state index in [1.165, 1.54) is 24.1 Å². The van der Waals surface area contributed by atoms with Crippen molar-refractivity contribution in [3.63, 3.8) is 0 Å². The smallest absolute Gasteiger partial charge is 0.133 e. The molecule has 1 aliphatic carbocycles. The third-order valence-electron chi connectivity index (χ3n) is 2.95. The van der Waals surface area contributed by atoms with Gasteiger partial charge in [-0.2, -0.15) is 0 Å². The lowest BCUT2D eigenvalue weighted by Gasteiger charge is -2.21. The fourth-order valence-electron chi connectivity index (χ4n) is 2.12. The van der Waals surface area contributed by atoms with Gasteiger partial charge < -0.3 is 10.4 Å². The zero-order valence-electron chi connectivity index (χ0n) is 9.95. The van der Waals surface area contributed by atoms with Gasteiger partial charge in [-0.05, 0) is 39.5 Å². The average molecular weight is 221 g/mol. The molecular weight excluding hydrogens is 202 g/mol. The van der Waals surface area contributed by atoms with E-state index in [9.17, 15) is 0 Å². The monoisotopic (exact) mass is 221 g/mol. The molecule has 2 N–H and O–H groups in total. The molecular formula is C12H19N3O. The van der Waals surface area contributed by atoms with Gasteiger partial charge in [-0.1, -0.05) is 0 Å². The van der Waals surface area contributed by atoms with Crippen molar-refractivity contribution in [1.29, 1.82) is 0 Å². The predicted molar refractivity (Wildman–Crippen MR) is 63.6 cm³/mol. The molecule has 0 spiro atoms. The van der Waals surface area contributed by atoms with E-state index in [2.05, 4.69) is 15.3 Å². The fourth-order valence-corrected chi connectivity index (χ4v) is 2.12. The first kappa shape index (κ1) is 11.3. The van der Waals surface area contributed by atoms with Crippen LogP contribution in [0, 0.1) is 6.92 Å². The third-order valence-corrected chi connectivity index (χ3v) is 2.95. The molecule has 0 aromatic carbocycles. The van der Waals surface area contributed by atoms with Crippen LogP contribution in [0.15, 0.2) is 0 Å². The Labute approximate surface area is 96.1 Å². The zero-order chi connectivity index (χ0) is 11.5. The Balaban J connectivity index is 2.31. The molecule has 0 fully saturated rings. The number of nitrogens with one attached hydrogen (secondary N) is 1. The summed E-state index contributed by atoms with van der Waals surface area (Å²) in [5, 5.41) is 12.3. The minimum atomic E-state index is 0.0420. The highest BCUT2D eigenvalue weighted by atomic mass is 16.3. The molecule has 4 heteroatoms. The Morgan fingerprint density at radius 1 is 1.31 bits per heavy atom. The molecule has 88 valence electrons. The first-order chi connectivity index (χ1) is 7.70. The van der Waals surface area contributed by atoms with Crippen molar-refractivity contribution in [2.75, 3.05) is 11.9 Å². The topological polar surface area (TPSA) is 58.0 Å². The second-order valence-electron chi connectivity index (χ2n) is 4.48. The summed E-state index contributed by atoms with van der Waals surface area (Å²) in [4.78, 5) is 8.93. The Morgan fingerprint density at radius 3 is 2.81 bits per heavy atom. The van der Waals surface area contributed by atoms with Crippen LogP contribution in [-0.4, -0.2) is 27.7 Å². The van der Waals surface area contributed by atoms with Crippen LogP contribution in [0.25, 0.3) is 0 Å². The molecule has 0 aliphatic heterocycles. The third kappa shape index (κ3) is 2.32. The van der Waals surface area contributed by atoms with Crippen LogP contribution < -0.4 is 5.32 Å². The molecule has 2 rings (SSSR count). The van der Waals surface area contributed by atoms with E-state index in [0.29, 0.717) is 0 Å². The molecule has 0 bridgehead atoms. The summed E-state index contributed by atoms with van der Waals surface area (Å²) in [6.07, 6.45) is 4.54. The van der Waals surface area contributed by atoms with Gasteiger partial charge in [0.25, 0.3) is 0 Å². The molecule has 1 aliphatic rings. The second kappa shape index (κ2) is 4.78. The highest BCUT2D eigenvalue weighted by molar-refractivity contribution is 5.48. The Hall–Kier alpha value is -1.16. The van der Waals surface area contributed by atoms with Crippen molar-refractivity contribution in [3.8, 4) is 0 Å². The minimum absolute atomic E-state index is 0.0420. The Morgan fingerprint density at radius 2 is 2.06 bits per heavy atom. The molecule has 1 aromatic heterocycles. The molecule has 0 saturated heterocycles. The summed E-state index contributed by atoms with van der Waals surface area (Å²) >= 11 is 0. The molecule has 16 heavy (non-hydrogen) atoms. The highest BCUT2D eigenvalue weighted by Gasteiger charge is 2.17. The van der Waals surface area contributed by atoms with Crippen LogP contribution in [0.2, 0.25) is 0 Å². The van der Waals surface area contributed by atoms with Crippen molar-refractivity contribution < 1.29 is 5.11 Å². The van der Waals surface area contributed by atoms with Gasteiger partial charge in [0.15, 0.2) is 0 Å². The molecule has 0 unspecified atom stereocenters. The minimum Gasteiger partial charge on any atom is -0.394 e. The van der Waals surface area contributed by atoms with E-state index in [1.54, 1.807) is 0 Å².